The number of methoxy groups -OCH3 is 1. The van der Waals surface area contributed by atoms with Gasteiger partial charge in [-0.25, -0.2) is 4.98 Å². The van der Waals surface area contributed by atoms with E-state index in [0.29, 0.717) is 22.8 Å². The molecule has 0 saturated carbocycles. The van der Waals surface area contributed by atoms with Gasteiger partial charge in [-0.15, -0.1) is 0 Å². The quantitative estimate of drug-likeness (QED) is 0.840. The molecular weight excluding hydrogens is 268 g/mol. The molecule has 0 radical (unpaired) electrons. The van der Waals surface area contributed by atoms with Gasteiger partial charge in [-0.3, -0.25) is 4.79 Å². The maximum Gasteiger partial charge on any atom is 0.255 e. The van der Waals surface area contributed by atoms with Gasteiger partial charge in [0.05, 0.1) is 12.8 Å². The van der Waals surface area contributed by atoms with Crippen molar-refractivity contribution in [3.8, 4) is 5.88 Å². The van der Waals surface area contributed by atoms with E-state index in [4.69, 9.17) is 10.5 Å². The van der Waals surface area contributed by atoms with Gasteiger partial charge >= 0.3 is 0 Å². The molecule has 0 atom stereocenters. The molecule has 3 N–H and O–H groups in total. The molecule has 0 unspecified atom stereocenters. The number of carbonyl (C=O) groups excluding carboxylic acids is 1. The average Bonchev–Trinajstić information content (AvgIpc) is 2.47. The zero-order valence-corrected chi connectivity index (χ0v) is 12.3. The maximum absolute atomic E-state index is 12.3. The minimum atomic E-state index is -0.246. The van der Waals surface area contributed by atoms with E-state index in [1.165, 1.54) is 7.11 Å². The van der Waals surface area contributed by atoms with E-state index < -0.39 is 0 Å². The highest BCUT2D eigenvalue weighted by atomic mass is 16.5. The van der Waals surface area contributed by atoms with Gasteiger partial charge in [-0.1, -0.05) is 0 Å². The first kappa shape index (κ1) is 14.6. The summed E-state index contributed by atoms with van der Waals surface area (Å²) in [6.07, 6.45) is 1.63. The number of aromatic nitrogens is 1. The number of nitrogens with two attached hydrogens (primary N) is 1. The van der Waals surface area contributed by atoms with E-state index >= 15 is 0 Å². The SMILES string of the molecule is COc1nccc(N(C)C)c1NC(=O)c1ccc(N)cc1. The van der Waals surface area contributed by atoms with E-state index in [1.807, 2.05) is 19.0 Å². The number of rotatable bonds is 4. The van der Waals surface area contributed by atoms with Crippen molar-refractivity contribution in [1.29, 1.82) is 0 Å². The van der Waals surface area contributed by atoms with Crippen molar-refractivity contribution in [2.45, 2.75) is 0 Å². The zero-order valence-electron chi connectivity index (χ0n) is 12.3. The normalized spacial score (nSPS) is 10.0. The van der Waals surface area contributed by atoms with Crippen LogP contribution >= 0.6 is 0 Å². The van der Waals surface area contributed by atoms with Gasteiger partial charge in [0.1, 0.15) is 5.69 Å². The second kappa shape index (κ2) is 6.13. The summed E-state index contributed by atoms with van der Waals surface area (Å²) in [4.78, 5) is 18.3. The van der Waals surface area contributed by atoms with Gasteiger partial charge in [0.15, 0.2) is 0 Å². The standard InChI is InChI=1S/C15H18N4O2/c1-19(2)12-8-9-17-15(21-3)13(12)18-14(20)10-4-6-11(16)7-5-10/h4-9H,16H2,1-3H3,(H,18,20). The highest BCUT2D eigenvalue weighted by Gasteiger charge is 2.16. The van der Waals surface area contributed by atoms with Crippen LogP contribution in [0.2, 0.25) is 0 Å². The highest BCUT2D eigenvalue weighted by molar-refractivity contribution is 6.06. The topological polar surface area (TPSA) is 80.5 Å². The number of pyridine rings is 1. The Bertz CT molecular complexity index is 639. The first-order valence-corrected chi connectivity index (χ1v) is 6.40. The molecule has 0 bridgehead atoms. The fraction of sp³-hybridized carbons (Fsp3) is 0.200. The maximum atomic E-state index is 12.3. The van der Waals surface area contributed by atoms with Crippen LogP contribution in [-0.2, 0) is 0 Å². The highest BCUT2D eigenvalue weighted by Crippen LogP contribution is 2.32. The fourth-order valence-electron chi connectivity index (χ4n) is 1.90. The Hall–Kier alpha value is -2.76. The van der Waals surface area contributed by atoms with E-state index in [1.54, 1.807) is 36.5 Å². The van der Waals surface area contributed by atoms with Gasteiger partial charge in [-0.2, -0.15) is 0 Å². The molecule has 0 aliphatic rings. The van der Waals surface area contributed by atoms with Crippen LogP contribution in [0.4, 0.5) is 17.1 Å². The van der Waals surface area contributed by atoms with Gasteiger partial charge in [-0.05, 0) is 30.3 Å². The lowest BCUT2D eigenvalue weighted by Crippen LogP contribution is -2.18. The monoisotopic (exact) mass is 286 g/mol. The zero-order chi connectivity index (χ0) is 15.4. The second-order valence-electron chi connectivity index (χ2n) is 4.68. The lowest BCUT2D eigenvalue weighted by Gasteiger charge is -2.19. The largest absolute Gasteiger partial charge is 0.479 e. The number of nitrogens with zero attached hydrogens (tertiary/aromatic N) is 2. The van der Waals surface area contributed by atoms with Crippen LogP contribution in [0.25, 0.3) is 0 Å². The Labute approximate surface area is 123 Å². The second-order valence-corrected chi connectivity index (χ2v) is 4.68. The van der Waals surface area contributed by atoms with Crippen molar-refractivity contribution >= 4 is 23.0 Å². The van der Waals surface area contributed by atoms with Crippen molar-refractivity contribution in [3.63, 3.8) is 0 Å². The average molecular weight is 286 g/mol. The summed E-state index contributed by atoms with van der Waals surface area (Å²) in [5.41, 5.74) is 8.09. The molecule has 6 heteroatoms. The summed E-state index contributed by atoms with van der Waals surface area (Å²) in [6.45, 7) is 0. The molecule has 0 aliphatic heterocycles. The van der Waals surface area contributed by atoms with Crippen molar-refractivity contribution in [2.75, 3.05) is 37.2 Å². The van der Waals surface area contributed by atoms with Gasteiger partial charge in [0, 0.05) is 31.5 Å². The van der Waals surface area contributed by atoms with Crippen LogP contribution in [0.15, 0.2) is 36.5 Å². The molecule has 2 rings (SSSR count). The van der Waals surface area contributed by atoms with E-state index in [-0.39, 0.29) is 5.91 Å². The predicted octanol–water partition coefficient (Wildman–Crippen LogP) is 1.99. The molecule has 110 valence electrons. The van der Waals surface area contributed by atoms with Crippen molar-refractivity contribution in [3.05, 3.63) is 42.1 Å². The summed E-state index contributed by atoms with van der Waals surface area (Å²) < 4.78 is 5.22. The summed E-state index contributed by atoms with van der Waals surface area (Å²) in [7, 11) is 5.28. The molecule has 2 aromatic rings. The van der Waals surface area contributed by atoms with Crippen molar-refractivity contribution in [2.24, 2.45) is 0 Å². The minimum Gasteiger partial charge on any atom is -0.479 e. The molecule has 0 fully saturated rings. The number of amides is 1. The lowest BCUT2D eigenvalue weighted by molar-refractivity contribution is 0.102. The molecule has 0 saturated heterocycles. The lowest BCUT2D eigenvalue weighted by atomic mass is 10.2. The van der Waals surface area contributed by atoms with Crippen LogP contribution in [-0.4, -0.2) is 32.1 Å². The first-order chi connectivity index (χ1) is 10.0. The third-order valence-electron chi connectivity index (χ3n) is 2.98. The third-order valence-corrected chi connectivity index (χ3v) is 2.98. The molecule has 1 amide bonds. The number of nitrogens with one attached hydrogen (secondary N) is 1. The minimum absolute atomic E-state index is 0.246. The number of nitrogen functional groups attached to an aromatic ring is 1. The number of hydrogen-bond acceptors (Lipinski definition) is 5. The summed E-state index contributed by atoms with van der Waals surface area (Å²) in [6, 6.07) is 8.51. The fourth-order valence-corrected chi connectivity index (χ4v) is 1.90. The summed E-state index contributed by atoms with van der Waals surface area (Å²) in [5.74, 6) is 0.120. The molecule has 6 nitrogen and oxygen atoms in total. The Morgan fingerprint density at radius 3 is 2.48 bits per heavy atom. The smallest absolute Gasteiger partial charge is 0.255 e. The van der Waals surface area contributed by atoms with Crippen molar-refractivity contribution in [1.82, 2.24) is 4.98 Å². The number of carbonyl (C=O) groups is 1. The third kappa shape index (κ3) is 3.22. The number of ether oxygens (including phenoxy) is 1. The Balaban J connectivity index is 2.34. The van der Waals surface area contributed by atoms with Crippen LogP contribution in [0.1, 0.15) is 10.4 Å². The first-order valence-electron chi connectivity index (χ1n) is 6.40. The molecule has 1 aromatic carbocycles. The van der Waals surface area contributed by atoms with Crippen molar-refractivity contribution < 1.29 is 9.53 Å². The summed E-state index contributed by atoms with van der Waals surface area (Å²) >= 11 is 0. The summed E-state index contributed by atoms with van der Waals surface area (Å²) in [5, 5.41) is 2.84. The van der Waals surface area contributed by atoms with E-state index in [9.17, 15) is 4.79 Å². The van der Waals surface area contributed by atoms with Crippen LogP contribution in [0.5, 0.6) is 5.88 Å². The van der Waals surface area contributed by atoms with Crippen LogP contribution < -0.4 is 20.7 Å². The van der Waals surface area contributed by atoms with Crippen LogP contribution in [0.3, 0.4) is 0 Å². The predicted molar refractivity (Wildman–Crippen MR) is 83.9 cm³/mol. The molecule has 1 aromatic heterocycles. The van der Waals surface area contributed by atoms with E-state index in [0.717, 1.165) is 5.69 Å². The number of hydrogen-bond donors (Lipinski definition) is 2. The van der Waals surface area contributed by atoms with Gasteiger partial charge in [0.2, 0.25) is 5.88 Å². The number of benzene rings is 1. The Kier molecular flexibility index (Phi) is 4.27. The molecule has 21 heavy (non-hydrogen) atoms. The van der Waals surface area contributed by atoms with Crippen LogP contribution in [0, 0.1) is 0 Å². The van der Waals surface area contributed by atoms with E-state index in [2.05, 4.69) is 10.3 Å². The molecular formula is C15H18N4O2. The molecule has 0 spiro atoms. The van der Waals surface area contributed by atoms with Gasteiger partial charge < -0.3 is 20.7 Å². The molecule has 1 heterocycles. The Morgan fingerprint density at radius 1 is 1.24 bits per heavy atom. The molecule has 0 aliphatic carbocycles. The number of anilines is 3. The van der Waals surface area contributed by atoms with Gasteiger partial charge in [0.25, 0.3) is 5.91 Å². The Morgan fingerprint density at radius 2 is 1.90 bits per heavy atom.